The molecule has 30 heavy (non-hydrogen) atoms. The Balaban J connectivity index is 1.53. The summed E-state index contributed by atoms with van der Waals surface area (Å²) in [6, 6.07) is 14.5. The molecule has 7 nitrogen and oxygen atoms in total. The molecule has 3 aromatic rings. The van der Waals surface area contributed by atoms with Gasteiger partial charge in [0.1, 0.15) is 5.82 Å². The number of imidazole rings is 1. The maximum atomic E-state index is 13.0. The van der Waals surface area contributed by atoms with E-state index in [1.807, 2.05) is 30.3 Å². The van der Waals surface area contributed by atoms with Crippen LogP contribution in [-0.4, -0.2) is 60.2 Å². The van der Waals surface area contributed by atoms with Crippen LogP contribution < -0.4 is 0 Å². The number of hydrogen-bond acceptors (Lipinski definition) is 4. The lowest BCUT2D eigenvalue weighted by Gasteiger charge is -2.31. The standard InChI is InChI=1S/C22H26N4O3S/c1-16-10-12-26(13-11-16)21(27)15-25(2)30(28,29)18-8-9-19-20(14-18)24-22(23-19)17-6-4-3-5-7-17/h3-9,14,16H,10-13,15H2,1-2H3,(H,23,24). The van der Waals surface area contributed by atoms with Gasteiger partial charge in [0, 0.05) is 25.7 Å². The molecule has 8 heteroatoms. The summed E-state index contributed by atoms with van der Waals surface area (Å²) in [6.45, 7) is 3.40. The van der Waals surface area contributed by atoms with Crippen LogP contribution in [0.1, 0.15) is 19.8 Å². The van der Waals surface area contributed by atoms with Gasteiger partial charge in [-0.15, -0.1) is 0 Å². The number of likely N-dealkylation sites (tertiary alicyclic amines) is 1. The molecule has 0 spiro atoms. The molecule has 1 amide bonds. The molecule has 1 aromatic heterocycles. The first-order chi connectivity index (χ1) is 14.3. The molecule has 0 atom stereocenters. The first kappa shape index (κ1) is 20.6. The van der Waals surface area contributed by atoms with Crippen molar-refractivity contribution < 1.29 is 13.2 Å². The van der Waals surface area contributed by atoms with Crippen molar-refractivity contribution in [2.75, 3.05) is 26.7 Å². The Morgan fingerprint density at radius 2 is 1.87 bits per heavy atom. The molecular formula is C22H26N4O3S. The average Bonchev–Trinajstić information content (AvgIpc) is 3.18. The summed E-state index contributed by atoms with van der Waals surface area (Å²) in [5.41, 5.74) is 2.25. The van der Waals surface area contributed by atoms with E-state index in [4.69, 9.17) is 0 Å². The van der Waals surface area contributed by atoms with Gasteiger partial charge in [0.15, 0.2) is 0 Å². The Hall–Kier alpha value is -2.71. The van der Waals surface area contributed by atoms with Crippen LogP contribution in [0.5, 0.6) is 0 Å². The number of benzene rings is 2. The number of nitrogens with one attached hydrogen (secondary N) is 1. The van der Waals surface area contributed by atoms with Crippen molar-refractivity contribution >= 4 is 27.0 Å². The number of nitrogens with zero attached hydrogens (tertiary/aromatic N) is 3. The highest BCUT2D eigenvalue weighted by molar-refractivity contribution is 7.89. The normalized spacial score (nSPS) is 15.8. The first-order valence-corrected chi connectivity index (χ1v) is 11.6. The minimum absolute atomic E-state index is 0.140. The highest BCUT2D eigenvalue weighted by Crippen LogP contribution is 2.24. The number of hydrogen-bond donors (Lipinski definition) is 1. The fourth-order valence-corrected chi connectivity index (χ4v) is 4.84. The topological polar surface area (TPSA) is 86.4 Å². The molecule has 1 N–H and O–H groups in total. The number of aromatic amines is 1. The monoisotopic (exact) mass is 426 g/mol. The Morgan fingerprint density at radius 3 is 2.57 bits per heavy atom. The summed E-state index contributed by atoms with van der Waals surface area (Å²) in [7, 11) is -2.34. The zero-order valence-electron chi connectivity index (χ0n) is 17.2. The number of carbonyl (C=O) groups is 1. The molecule has 1 saturated heterocycles. The van der Waals surface area contributed by atoms with Crippen molar-refractivity contribution in [1.29, 1.82) is 0 Å². The van der Waals surface area contributed by atoms with Crippen molar-refractivity contribution in [3.8, 4) is 11.4 Å². The average molecular weight is 427 g/mol. The third-order valence-corrected chi connectivity index (χ3v) is 7.50. The number of sulfonamides is 1. The molecule has 0 aliphatic carbocycles. The van der Waals surface area contributed by atoms with Gasteiger partial charge in [-0.2, -0.15) is 4.31 Å². The second-order valence-corrected chi connectivity index (χ2v) is 10.00. The minimum atomic E-state index is -3.79. The van der Waals surface area contributed by atoms with Crippen molar-refractivity contribution in [1.82, 2.24) is 19.2 Å². The lowest BCUT2D eigenvalue weighted by Crippen LogP contribution is -2.44. The largest absolute Gasteiger partial charge is 0.342 e. The Labute approximate surface area is 176 Å². The van der Waals surface area contributed by atoms with Crippen molar-refractivity contribution in [3.05, 3.63) is 48.5 Å². The van der Waals surface area contributed by atoms with Gasteiger partial charge in [0.2, 0.25) is 15.9 Å². The fraction of sp³-hybridized carbons (Fsp3) is 0.364. The third kappa shape index (κ3) is 4.11. The van der Waals surface area contributed by atoms with Gasteiger partial charge in [0.25, 0.3) is 0 Å². The summed E-state index contributed by atoms with van der Waals surface area (Å²) < 4.78 is 27.2. The molecule has 0 radical (unpaired) electrons. The smallest absolute Gasteiger partial charge is 0.243 e. The lowest BCUT2D eigenvalue weighted by molar-refractivity contribution is -0.132. The first-order valence-electron chi connectivity index (χ1n) is 10.1. The van der Waals surface area contributed by atoms with Crippen LogP contribution in [0.3, 0.4) is 0 Å². The van der Waals surface area contributed by atoms with E-state index in [2.05, 4.69) is 16.9 Å². The summed E-state index contributed by atoms with van der Waals surface area (Å²) in [5.74, 6) is 1.14. The van der Waals surface area contributed by atoms with Gasteiger partial charge in [-0.3, -0.25) is 4.79 Å². The van der Waals surface area contributed by atoms with Gasteiger partial charge in [-0.05, 0) is 37.0 Å². The molecule has 2 aromatic carbocycles. The maximum absolute atomic E-state index is 13.0. The number of rotatable bonds is 5. The molecule has 0 unspecified atom stereocenters. The maximum Gasteiger partial charge on any atom is 0.243 e. The van der Waals surface area contributed by atoms with Crippen LogP contribution in [0.4, 0.5) is 0 Å². The molecule has 158 valence electrons. The Bertz CT molecular complexity index is 1150. The summed E-state index contributed by atoms with van der Waals surface area (Å²) in [6.07, 6.45) is 1.92. The molecule has 1 fully saturated rings. The molecule has 1 aliphatic heterocycles. The zero-order chi connectivity index (χ0) is 21.3. The molecule has 0 bridgehead atoms. The van der Waals surface area contributed by atoms with E-state index in [1.54, 1.807) is 17.0 Å². The molecular weight excluding hydrogens is 400 g/mol. The summed E-state index contributed by atoms with van der Waals surface area (Å²) in [4.78, 5) is 22.2. The Morgan fingerprint density at radius 1 is 1.17 bits per heavy atom. The van der Waals surface area contributed by atoms with Crippen LogP contribution in [0.2, 0.25) is 0 Å². The van der Waals surface area contributed by atoms with Crippen molar-refractivity contribution in [3.63, 3.8) is 0 Å². The number of carbonyl (C=O) groups excluding carboxylic acids is 1. The molecule has 4 rings (SSSR count). The van der Waals surface area contributed by atoms with Crippen molar-refractivity contribution in [2.24, 2.45) is 5.92 Å². The van der Waals surface area contributed by atoms with Gasteiger partial charge >= 0.3 is 0 Å². The number of piperidine rings is 1. The lowest BCUT2D eigenvalue weighted by atomic mass is 9.99. The molecule has 1 aliphatic rings. The predicted octanol–water partition coefficient (Wildman–Crippen LogP) is 3.11. The molecule has 0 saturated carbocycles. The van der Waals surface area contributed by atoms with E-state index < -0.39 is 10.0 Å². The predicted molar refractivity (Wildman–Crippen MR) is 116 cm³/mol. The van der Waals surface area contributed by atoms with Gasteiger partial charge in [0.05, 0.1) is 22.5 Å². The quantitative estimate of drug-likeness (QED) is 0.679. The summed E-state index contributed by atoms with van der Waals surface area (Å²) >= 11 is 0. The van der Waals surface area contributed by atoms with Crippen molar-refractivity contribution in [2.45, 2.75) is 24.7 Å². The van der Waals surface area contributed by atoms with E-state index >= 15 is 0 Å². The van der Waals surface area contributed by atoms with Gasteiger partial charge < -0.3 is 9.88 Å². The van der Waals surface area contributed by atoms with Gasteiger partial charge in [-0.1, -0.05) is 37.3 Å². The third-order valence-electron chi connectivity index (χ3n) is 5.70. The van der Waals surface area contributed by atoms with E-state index in [-0.39, 0.29) is 17.3 Å². The number of H-pyrrole nitrogens is 1. The van der Waals surface area contributed by atoms with Crippen LogP contribution in [0, 0.1) is 5.92 Å². The van der Waals surface area contributed by atoms with Crippen LogP contribution in [0.25, 0.3) is 22.4 Å². The number of amides is 1. The second-order valence-electron chi connectivity index (χ2n) is 7.95. The van der Waals surface area contributed by atoms with Crippen LogP contribution >= 0.6 is 0 Å². The zero-order valence-corrected chi connectivity index (χ0v) is 18.0. The number of aromatic nitrogens is 2. The van der Waals surface area contributed by atoms with Crippen LogP contribution in [-0.2, 0) is 14.8 Å². The highest BCUT2D eigenvalue weighted by atomic mass is 32.2. The SMILES string of the molecule is CC1CCN(C(=O)CN(C)S(=O)(=O)c2ccc3nc(-c4ccccc4)[nH]c3c2)CC1. The highest BCUT2D eigenvalue weighted by Gasteiger charge is 2.27. The Kier molecular flexibility index (Phi) is 5.62. The van der Waals surface area contributed by atoms with E-state index in [0.717, 1.165) is 22.7 Å². The van der Waals surface area contributed by atoms with Crippen LogP contribution in [0.15, 0.2) is 53.4 Å². The van der Waals surface area contributed by atoms with E-state index in [1.165, 1.54) is 13.1 Å². The number of fused-ring (bicyclic) bond motifs is 1. The summed E-state index contributed by atoms with van der Waals surface area (Å²) in [5, 5.41) is 0. The molecule has 2 heterocycles. The van der Waals surface area contributed by atoms with E-state index in [0.29, 0.717) is 35.9 Å². The number of likely N-dealkylation sites (N-methyl/N-ethyl adjacent to an activating group) is 1. The van der Waals surface area contributed by atoms with Gasteiger partial charge in [-0.25, -0.2) is 13.4 Å². The second kappa shape index (κ2) is 8.20. The fourth-order valence-electron chi connectivity index (χ4n) is 3.70. The minimum Gasteiger partial charge on any atom is -0.342 e. The van der Waals surface area contributed by atoms with E-state index in [9.17, 15) is 13.2 Å².